The Labute approximate surface area is 56.8 Å². The van der Waals surface area contributed by atoms with Gasteiger partial charge in [-0.3, -0.25) is 4.39 Å². The highest BCUT2D eigenvalue weighted by Gasteiger charge is 2.06. The van der Waals surface area contributed by atoms with E-state index in [9.17, 15) is 4.39 Å². The third-order valence-electron chi connectivity index (χ3n) is 1.71. The summed E-state index contributed by atoms with van der Waals surface area (Å²) in [6, 6.07) is 0. The van der Waals surface area contributed by atoms with Gasteiger partial charge in [-0.2, -0.15) is 0 Å². The van der Waals surface area contributed by atoms with Crippen molar-refractivity contribution in [2.75, 3.05) is 6.67 Å². The highest BCUT2D eigenvalue weighted by Crippen LogP contribution is 2.15. The minimum atomic E-state index is -0.247. The molecule has 0 aromatic carbocycles. The van der Waals surface area contributed by atoms with E-state index in [1.807, 2.05) is 13.8 Å². The molecule has 0 fully saturated rings. The molecule has 0 rings (SSSR count). The lowest BCUT2D eigenvalue weighted by Crippen LogP contribution is -2.02. The van der Waals surface area contributed by atoms with Crippen molar-refractivity contribution in [2.45, 2.75) is 26.7 Å². The Morgan fingerprint density at radius 2 is 2.11 bits per heavy atom. The van der Waals surface area contributed by atoms with E-state index in [1.165, 1.54) is 0 Å². The SMILES string of the molecule is C=C(CC)C(CC)CF. The van der Waals surface area contributed by atoms with Crippen molar-refractivity contribution in [3.8, 4) is 0 Å². The Hall–Kier alpha value is -0.330. The first-order chi connectivity index (χ1) is 4.26. The topological polar surface area (TPSA) is 0 Å². The van der Waals surface area contributed by atoms with Crippen molar-refractivity contribution in [2.24, 2.45) is 5.92 Å². The fourth-order valence-corrected chi connectivity index (χ4v) is 0.796. The molecule has 1 atom stereocenters. The van der Waals surface area contributed by atoms with Gasteiger partial charge in [0.2, 0.25) is 0 Å². The number of hydrogen-bond donors (Lipinski definition) is 0. The van der Waals surface area contributed by atoms with Crippen molar-refractivity contribution in [1.82, 2.24) is 0 Å². The van der Waals surface area contributed by atoms with E-state index in [0.29, 0.717) is 0 Å². The second-order valence-corrected chi connectivity index (χ2v) is 2.27. The van der Waals surface area contributed by atoms with Gasteiger partial charge in [-0.15, -0.1) is 0 Å². The van der Waals surface area contributed by atoms with Crippen LogP contribution in [-0.2, 0) is 0 Å². The molecule has 0 radical (unpaired) electrons. The molecule has 0 spiro atoms. The summed E-state index contributed by atoms with van der Waals surface area (Å²) < 4.78 is 12.0. The maximum Gasteiger partial charge on any atom is 0.0959 e. The fraction of sp³-hybridized carbons (Fsp3) is 0.750. The zero-order chi connectivity index (χ0) is 7.28. The molecule has 0 aromatic heterocycles. The molecule has 1 unspecified atom stereocenters. The second kappa shape index (κ2) is 4.54. The van der Waals surface area contributed by atoms with Crippen LogP contribution in [0.2, 0.25) is 0 Å². The molecule has 9 heavy (non-hydrogen) atoms. The molecule has 54 valence electrons. The molecule has 0 nitrogen and oxygen atoms in total. The summed E-state index contributed by atoms with van der Waals surface area (Å²) in [6.07, 6.45) is 1.78. The van der Waals surface area contributed by atoms with Crippen LogP contribution in [0.4, 0.5) is 4.39 Å². The van der Waals surface area contributed by atoms with Gasteiger partial charge in [0.05, 0.1) is 6.67 Å². The lowest BCUT2D eigenvalue weighted by Gasteiger charge is -2.10. The molecular weight excluding hydrogens is 115 g/mol. The van der Waals surface area contributed by atoms with E-state index < -0.39 is 0 Å². The third-order valence-corrected chi connectivity index (χ3v) is 1.71. The van der Waals surface area contributed by atoms with Gasteiger partial charge in [0, 0.05) is 5.92 Å². The van der Waals surface area contributed by atoms with Crippen molar-refractivity contribution in [3.63, 3.8) is 0 Å². The normalized spacial score (nSPS) is 13.2. The van der Waals surface area contributed by atoms with Gasteiger partial charge in [0.1, 0.15) is 0 Å². The van der Waals surface area contributed by atoms with Crippen LogP contribution in [0.5, 0.6) is 0 Å². The van der Waals surface area contributed by atoms with Crippen LogP contribution in [0, 0.1) is 5.92 Å². The van der Waals surface area contributed by atoms with E-state index in [2.05, 4.69) is 6.58 Å². The highest BCUT2D eigenvalue weighted by atomic mass is 19.1. The summed E-state index contributed by atoms with van der Waals surface area (Å²) in [5.41, 5.74) is 1.04. The van der Waals surface area contributed by atoms with Crippen molar-refractivity contribution >= 4 is 0 Å². The Kier molecular flexibility index (Phi) is 4.37. The van der Waals surface area contributed by atoms with Crippen LogP contribution in [-0.4, -0.2) is 6.67 Å². The predicted octanol–water partition coefficient (Wildman–Crippen LogP) is 2.95. The smallest absolute Gasteiger partial charge is 0.0959 e. The minimum absolute atomic E-state index is 0.106. The van der Waals surface area contributed by atoms with Crippen LogP contribution < -0.4 is 0 Å². The summed E-state index contributed by atoms with van der Waals surface area (Å²) in [4.78, 5) is 0. The van der Waals surface area contributed by atoms with Gasteiger partial charge in [-0.25, -0.2) is 0 Å². The fourth-order valence-electron chi connectivity index (χ4n) is 0.796. The quantitative estimate of drug-likeness (QED) is 0.513. The molecule has 1 heteroatoms. The van der Waals surface area contributed by atoms with Gasteiger partial charge in [-0.1, -0.05) is 26.0 Å². The molecule has 0 N–H and O–H groups in total. The number of allylic oxidation sites excluding steroid dienone is 1. The van der Waals surface area contributed by atoms with E-state index >= 15 is 0 Å². The molecule has 0 aromatic rings. The largest absolute Gasteiger partial charge is 0.250 e. The van der Waals surface area contributed by atoms with E-state index in [-0.39, 0.29) is 12.6 Å². The molecule has 0 aliphatic carbocycles. The van der Waals surface area contributed by atoms with Crippen LogP contribution in [0.3, 0.4) is 0 Å². The lowest BCUT2D eigenvalue weighted by atomic mass is 9.97. The average Bonchev–Trinajstić information content (AvgIpc) is 1.90. The number of halogens is 1. The molecule has 0 saturated carbocycles. The van der Waals surface area contributed by atoms with Gasteiger partial charge in [-0.05, 0) is 12.8 Å². The first-order valence-corrected chi connectivity index (χ1v) is 3.49. The van der Waals surface area contributed by atoms with Gasteiger partial charge in [0.15, 0.2) is 0 Å². The maximum atomic E-state index is 12.0. The predicted molar refractivity (Wildman–Crippen MR) is 39.2 cm³/mol. The maximum absolute atomic E-state index is 12.0. The highest BCUT2D eigenvalue weighted by molar-refractivity contribution is 4.98. The summed E-state index contributed by atoms with van der Waals surface area (Å²) in [5.74, 6) is 0.106. The molecule has 0 heterocycles. The van der Waals surface area contributed by atoms with Crippen LogP contribution >= 0.6 is 0 Å². The summed E-state index contributed by atoms with van der Waals surface area (Å²) in [6.45, 7) is 7.53. The van der Waals surface area contributed by atoms with Crippen molar-refractivity contribution in [1.29, 1.82) is 0 Å². The Balaban J connectivity index is 3.64. The van der Waals surface area contributed by atoms with E-state index in [4.69, 9.17) is 0 Å². The molecule has 0 amide bonds. The van der Waals surface area contributed by atoms with Gasteiger partial charge >= 0.3 is 0 Å². The van der Waals surface area contributed by atoms with Crippen molar-refractivity contribution in [3.05, 3.63) is 12.2 Å². The summed E-state index contributed by atoms with van der Waals surface area (Å²) >= 11 is 0. The minimum Gasteiger partial charge on any atom is -0.250 e. The molecule has 0 aliphatic heterocycles. The van der Waals surface area contributed by atoms with Gasteiger partial charge < -0.3 is 0 Å². The first kappa shape index (κ1) is 8.67. The molecule has 0 saturated heterocycles. The second-order valence-electron chi connectivity index (χ2n) is 2.27. The average molecular weight is 130 g/mol. The third kappa shape index (κ3) is 2.64. The van der Waals surface area contributed by atoms with Crippen LogP contribution in [0.1, 0.15) is 26.7 Å². The monoisotopic (exact) mass is 130 g/mol. The molecule has 0 aliphatic rings. The van der Waals surface area contributed by atoms with E-state index in [0.717, 1.165) is 18.4 Å². The summed E-state index contributed by atoms with van der Waals surface area (Å²) in [7, 11) is 0. The summed E-state index contributed by atoms with van der Waals surface area (Å²) in [5, 5.41) is 0. The zero-order valence-corrected chi connectivity index (χ0v) is 6.28. The number of alkyl halides is 1. The Bertz CT molecular complexity index is 82.6. The van der Waals surface area contributed by atoms with E-state index in [1.54, 1.807) is 0 Å². The number of rotatable bonds is 4. The van der Waals surface area contributed by atoms with Gasteiger partial charge in [0.25, 0.3) is 0 Å². The number of hydrogen-bond acceptors (Lipinski definition) is 0. The van der Waals surface area contributed by atoms with Crippen LogP contribution in [0.25, 0.3) is 0 Å². The Morgan fingerprint density at radius 3 is 2.22 bits per heavy atom. The molecular formula is C8H15F. The lowest BCUT2D eigenvalue weighted by molar-refractivity contribution is 0.386. The zero-order valence-electron chi connectivity index (χ0n) is 6.28. The first-order valence-electron chi connectivity index (χ1n) is 3.49. The van der Waals surface area contributed by atoms with Crippen molar-refractivity contribution < 1.29 is 4.39 Å². The Morgan fingerprint density at radius 1 is 1.56 bits per heavy atom. The standard InChI is InChI=1S/C8H15F/c1-4-7(3)8(5-2)6-9/h8H,3-6H2,1-2H3. The molecule has 0 bridgehead atoms. The van der Waals surface area contributed by atoms with Crippen LogP contribution in [0.15, 0.2) is 12.2 Å².